The number of hydrogen-bond acceptors (Lipinski definition) is 3. The maximum Gasteiger partial charge on any atom is 0.326 e. The Kier molecular flexibility index (Phi) is 6.11. The van der Waals surface area contributed by atoms with Gasteiger partial charge in [-0.1, -0.05) is 18.2 Å². The van der Waals surface area contributed by atoms with E-state index in [4.69, 9.17) is 0 Å². The van der Waals surface area contributed by atoms with Gasteiger partial charge in [-0.2, -0.15) is 0 Å². The molecule has 0 bridgehead atoms. The number of carboxylic acid groups (broad SMARTS) is 1. The van der Waals surface area contributed by atoms with Crippen LogP contribution in [0.5, 0.6) is 0 Å². The predicted octanol–water partition coefficient (Wildman–Crippen LogP) is 3.02. The normalized spacial score (nSPS) is 18.5. The van der Waals surface area contributed by atoms with Gasteiger partial charge in [-0.05, 0) is 43.6 Å². The number of thioether (sulfide) groups is 1. The molecule has 2 rings (SSSR count). The molecule has 1 aromatic carbocycles. The third-order valence-electron chi connectivity index (χ3n) is 3.66. The fourth-order valence-electron chi connectivity index (χ4n) is 2.56. The van der Waals surface area contributed by atoms with Gasteiger partial charge < -0.3 is 10.0 Å². The quantitative estimate of drug-likeness (QED) is 0.648. The molecule has 1 aliphatic rings. The van der Waals surface area contributed by atoms with Crippen molar-refractivity contribution in [2.45, 2.75) is 43.0 Å². The highest BCUT2D eigenvalue weighted by Crippen LogP contribution is 2.21. The molecule has 1 fully saturated rings. The van der Waals surface area contributed by atoms with E-state index in [1.165, 1.54) is 4.90 Å². The van der Waals surface area contributed by atoms with Crippen LogP contribution in [0.1, 0.15) is 32.1 Å². The van der Waals surface area contributed by atoms with Gasteiger partial charge in [-0.15, -0.1) is 11.8 Å². The summed E-state index contributed by atoms with van der Waals surface area (Å²) in [4.78, 5) is 26.1. The highest BCUT2D eigenvalue weighted by atomic mass is 32.2. The molecule has 1 heterocycles. The van der Waals surface area contributed by atoms with Gasteiger partial charge in [0.2, 0.25) is 5.91 Å². The zero-order valence-electron chi connectivity index (χ0n) is 12.0. The molecule has 21 heavy (non-hydrogen) atoms. The van der Waals surface area contributed by atoms with E-state index in [-0.39, 0.29) is 5.91 Å². The van der Waals surface area contributed by atoms with E-state index in [2.05, 4.69) is 12.1 Å². The minimum Gasteiger partial charge on any atom is -0.480 e. The molecular formula is C16H21NO3S. The summed E-state index contributed by atoms with van der Waals surface area (Å²) in [5.74, 6) is -0.0149. The first kappa shape index (κ1) is 15.9. The Labute approximate surface area is 129 Å². The van der Waals surface area contributed by atoms with Crippen molar-refractivity contribution in [3.8, 4) is 0 Å². The maximum atomic E-state index is 12.2. The predicted molar refractivity (Wildman–Crippen MR) is 83.4 cm³/mol. The van der Waals surface area contributed by atoms with Gasteiger partial charge in [-0.3, -0.25) is 4.79 Å². The lowest BCUT2D eigenvalue weighted by Gasteiger charge is -2.33. The Hall–Kier alpha value is -1.49. The number of carbonyl (C=O) groups is 2. The molecule has 4 nitrogen and oxygen atoms in total. The highest BCUT2D eigenvalue weighted by molar-refractivity contribution is 7.99. The first-order valence-electron chi connectivity index (χ1n) is 7.38. The van der Waals surface area contributed by atoms with Crippen molar-refractivity contribution in [1.29, 1.82) is 0 Å². The summed E-state index contributed by atoms with van der Waals surface area (Å²) in [5.41, 5.74) is 0. The van der Waals surface area contributed by atoms with Crippen LogP contribution < -0.4 is 0 Å². The van der Waals surface area contributed by atoms with Crippen LogP contribution in [0.4, 0.5) is 0 Å². The monoisotopic (exact) mass is 307 g/mol. The lowest BCUT2D eigenvalue weighted by Crippen LogP contribution is -2.47. The molecule has 1 aromatic rings. The largest absolute Gasteiger partial charge is 0.480 e. The topological polar surface area (TPSA) is 57.6 Å². The van der Waals surface area contributed by atoms with Crippen LogP contribution in [-0.4, -0.2) is 40.2 Å². The van der Waals surface area contributed by atoms with Gasteiger partial charge >= 0.3 is 5.97 Å². The second-order valence-corrected chi connectivity index (χ2v) is 6.37. The molecule has 0 saturated carbocycles. The maximum absolute atomic E-state index is 12.2. The molecule has 0 aromatic heterocycles. The van der Waals surface area contributed by atoms with E-state index in [0.29, 0.717) is 19.4 Å². The van der Waals surface area contributed by atoms with Crippen molar-refractivity contribution in [2.75, 3.05) is 12.3 Å². The zero-order valence-corrected chi connectivity index (χ0v) is 12.8. The van der Waals surface area contributed by atoms with Gasteiger partial charge in [0.05, 0.1) is 0 Å². The SMILES string of the molecule is O=C(O)[C@@H]1CCCCN1C(=O)CCCSc1ccccc1. The molecule has 0 unspecified atom stereocenters. The van der Waals surface area contributed by atoms with E-state index in [0.717, 1.165) is 25.0 Å². The number of benzene rings is 1. The lowest BCUT2D eigenvalue weighted by molar-refractivity contribution is -0.152. The smallest absolute Gasteiger partial charge is 0.326 e. The summed E-state index contributed by atoms with van der Waals surface area (Å²) in [6, 6.07) is 9.47. The summed E-state index contributed by atoms with van der Waals surface area (Å²) in [6.45, 7) is 0.585. The molecule has 1 N–H and O–H groups in total. The average Bonchev–Trinajstić information content (AvgIpc) is 2.52. The van der Waals surface area contributed by atoms with Gasteiger partial charge in [0.25, 0.3) is 0 Å². The van der Waals surface area contributed by atoms with Gasteiger partial charge in [0.1, 0.15) is 6.04 Å². The number of likely N-dealkylation sites (tertiary alicyclic amines) is 1. The number of rotatable bonds is 6. The molecule has 114 valence electrons. The number of carboxylic acids is 1. The summed E-state index contributed by atoms with van der Waals surface area (Å²) >= 11 is 1.73. The summed E-state index contributed by atoms with van der Waals surface area (Å²) in [5, 5.41) is 9.18. The number of hydrogen-bond donors (Lipinski definition) is 1. The van der Waals surface area contributed by atoms with E-state index in [1.807, 2.05) is 18.2 Å². The second kappa shape index (κ2) is 8.08. The third-order valence-corrected chi connectivity index (χ3v) is 4.75. The molecule has 1 saturated heterocycles. The van der Waals surface area contributed by atoms with E-state index < -0.39 is 12.0 Å². The second-order valence-electron chi connectivity index (χ2n) is 5.20. The molecule has 0 radical (unpaired) electrons. The number of nitrogens with zero attached hydrogens (tertiary/aromatic N) is 1. The van der Waals surface area contributed by atoms with Crippen LogP contribution in [0.25, 0.3) is 0 Å². The Morgan fingerprint density at radius 2 is 2.00 bits per heavy atom. The minimum atomic E-state index is -0.873. The van der Waals surface area contributed by atoms with Crippen molar-refractivity contribution in [1.82, 2.24) is 4.90 Å². The van der Waals surface area contributed by atoms with E-state index in [1.54, 1.807) is 16.7 Å². The zero-order chi connectivity index (χ0) is 15.1. The van der Waals surface area contributed by atoms with Crippen molar-refractivity contribution in [3.63, 3.8) is 0 Å². The van der Waals surface area contributed by atoms with E-state index in [9.17, 15) is 14.7 Å². The molecule has 0 aliphatic carbocycles. The molecule has 1 amide bonds. The van der Waals surface area contributed by atoms with Crippen LogP contribution in [0, 0.1) is 0 Å². The van der Waals surface area contributed by atoms with Crippen molar-refractivity contribution in [3.05, 3.63) is 30.3 Å². The Morgan fingerprint density at radius 1 is 1.24 bits per heavy atom. The number of aliphatic carboxylic acids is 1. The van der Waals surface area contributed by atoms with Crippen molar-refractivity contribution in [2.24, 2.45) is 0 Å². The molecule has 1 atom stereocenters. The van der Waals surface area contributed by atoms with Crippen LogP contribution in [-0.2, 0) is 9.59 Å². The summed E-state index contributed by atoms with van der Waals surface area (Å²) in [6.07, 6.45) is 3.60. The Balaban J connectivity index is 1.74. The molecule has 0 spiro atoms. The Morgan fingerprint density at radius 3 is 2.71 bits per heavy atom. The average molecular weight is 307 g/mol. The fourth-order valence-corrected chi connectivity index (χ4v) is 3.43. The van der Waals surface area contributed by atoms with Crippen LogP contribution in [0.3, 0.4) is 0 Å². The summed E-state index contributed by atoms with van der Waals surface area (Å²) in [7, 11) is 0. The molecule has 1 aliphatic heterocycles. The summed E-state index contributed by atoms with van der Waals surface area (Å²) < 4.78 is 0. The number of carbonyl (C=O) groups excluding carboxylic acids is 1. The number of piperidine rings is 1. The van der Waals surface area contributed by atoms with Gasteiger partial charge in [0, 0.05) is 17.9 Å². The Bertz CT molecular complexity index is 478. The fraction of sp³-hybridized carbons (Fsp3) is 0.500. The van der Waals surface area contributed by atoms with Crippen LogP contribution >= 0.6 is 11.8 Å². The van der Waals surface area contributed by atoms with Gasteiger partial charge in [-0.25, -0.2) is 4.79 Å². The highest BCUT2D eigenvalue weighted by Gasteiger charge is 2.31. The first-order chi connectivity index (χ1) is 10.2. The van der Waals surface area contributed by atoms with Crippen LogP contribution in [0.2, 0.25) is 0 Å². The minimum absolute atomic E-state index is 0.0178. The van der Waals surface area contributed by atoms with Crippen molar-refractivity contribution < 1.29 is 14.7 Å². The standard InChI is InChI=1S/C16H21NO3S/c18-15(17-11-5-4-9-14(17)16(19)20)10-6-12-21-13-7-2-1-3-8-13/h1-3,7-8,14H,4-6,9-12H2,(H,19,20)/t14-/m0/s1. The first-order valence-corrected chi connectivity index (χ1v) is 8.37. The third kappa shape index (κ3) is 4.77. The van der Waals surface area contributed by atoms with Crippen LogP contribution in [0.15, 0.2) is 35.2 Å². The molecule has 5 heteroatoms. The molecular weight excluding hydrogens is 286 g/mol. The van der Waals surface area contributed by atoms with Crippen molar-refractivity contribution >= 4 is 23.6 Å². The van der Waals surface area contributed by atoms with E-state index >= 15 is 0 Å². The van der Waals surface area contributed by atoms with Gasteiger partial charge in [0.15, 0.2) is 0 Å². The number of amides is 1. The lowest BCUT2D eigenvalue weighted by atomic mass is 10.0.